The zero-order valence-corrected chi connectivity index (χ0v) is 11.0. The van der Waals surface area contributed by atoms with Crippen LogP contribution in [0, 0.1) is 16.7 Å². The van der Waals surface area contributed by atoms with Gasteiger partial charge in [-0.1, -0.05) is 13.3 Å². The highest BCUT2D eigenvalue weighted by molar-refractivity contribution is 5.84. The van der Waals surface area contributed by atoms with Crippen molar-refractivity contribution in [1.82, 2.24) is 10.2 Å². The molecule has 1 heterocycles. The molecular formula is C13H23N3O. The molecule has 0 saturated carbocycles. The Balaban J connectivity index is 2.26. The van der Waals surface area contributed by atoms with Crippen molar-refractivity contribution in [2.24, 2.45) is 5.41 Å². The second kappa shape index (κ2) is 6.61. The minimum atomic E-state index is -0.873. The number of piperidine rings is 1. The van der Waals surface area contributed by atoms with Gasteiger partial charge in [-0.3, -0.25) is 4.79 Å². The molecule has 1 rings (SSSR count). The molecule has 0 bridgehead atoms. The maximum absolute atomic E-state index is 11.8. The van der Waals surface area contributed by atoms with Crippen molar-refractivity contribution in [1.29, 1.82) is 5.26 Å². The molecule has 17 heavy (non-hydrogen) atoms. The predicted octanol–water partition coefficient (Wildman–Crippen LogP) is 1.53. The Morgan fingerprint density at radius 1 is 1.41 bits per heavy atom. The van der Waals surface area contributed by atoms with Gasteiger partial charge in [0.25, 0.3) is 0 Å². The Hall–Kier alpha value is -1.08. The Labute approximate surface area is 104 Å². The van der Waals surface area contributed by atoms with Crippen LogP contribution in [0.3, 0.4) is 0 Å². The number of nitriles is 1. The van der Waals surface area contributed by atoms with Crippen LogP contribution in [0.2, 0.25) is 0 Å². The molecule has 0 radical (unpaired) electrons. The number of nitrogens with one attached hydrogen (secondary N) is 1. The molecule has 1 atom stereocenters. The highest BCUT2D eigenvalue weighted by atomic mass is 16.2. The molecule has 4 heteroatoms. The van der Waals surface area contributed by atoms with E-state index in [1.165, 1.54) is 19.3 Å². The fourth-order valence-electron chi connectivity index (χ4n) is 2.00. The molecule has 4 nitrogen and oxygen atoms in total. The Morgan fingerprint density at radius 2 is 2.06 bits per heavy atom. The van der Waals surface area contributed by atoms with E-state index in [4.69, 9.17) is 5.26 Å². The topological polar surface area (TPSA) is 56.1 Å². The van der Waals surface area contributed by atoms with Crippen LogP contribution < -0.4 is 5.32 Å². The molecule has 1 N–H and O–H groups in total. The van der Waals surface area contributed by atoms with E-state index in [-0.39, 0.29) is 5.91 Å². The summed E-state index contributed by atoms with van der Waals surface area (Å²) in [6, 6.07) is 2.09. The maximum Gasteiger partial charge on any atom is 0.240 e. The monoisotopic (exact) mass is 237 g/mol. The molecule has 0 aliphatic carbocycles. The Kier molecular flexibility index (Phi) is 5.43. The third kappa shape index (κ3) is 4.01. The van der Waals surface area contributed by atoms with E-state index < -0.39 is 5.41 Å². The first-order chi connectivity index (χ1) is 8.12. The number of likely N-dealkylation sites (tertiary alicyclic amines) is 1. The minimum Gasteiger partial charge on any atom is -0.353 e. The summed E-state index contributed by atoms with van der Waals surface area (Å²) in [6.07, 6.45) is 4.40. The standard InChI is InChI=1S/C13H23N3O/c1-3-13(2,11-14)12(17)15-7-10-16-8-5-4-6-9-16/h3-10H2,1-2H3,(H,15,17). The maximum atomic E-state index is 11.8. The third-order valence-corrected chi connectivity index (χ3v) is 3.62. The summed E-state index contributed by atoms with van der Waals surface area (Å²) in [6.45, 7) is 7.39. The van der Waals surface area contributed by atoms with Gasteiger partial charge in [-0.2, -0.15) is 5.26 Å². The number of nitrogens with zero attached hydrogens (tertiary/aromatic N) is 2. The summed E-state index contributed by atoms with van der Waals surface area (Å²) in [5.41, 5.74) is -0.873. The van der Waals surface area contributed by atoms with Gasteiger partial charge < -0.3 is 10.2 Å². The van der Waals surface area contributed by atoms with Gasteiger partial charge in [0.1, 0.15) is 5.41 Å². The van der Waals surface area contributed by atoms with Crippen LogP contribution in [0.5, 0.6) is 0 Å². The summed E-state index contributed by atoms with van der Waals surface area (Å²) >= 11 is 0. The number of carbonyl (C=O) groups is 1. The number of hydrogen-bond donors (Lipinski definition) is 1. The van der Waals surface area contributed by atoms with E-state index in [2.05, 4.69) is 16.3 Å². The van der Waals surface area contributed by atoms with Crippen molar-refractivity contribution in [3.05, 3.63) is 0 Å². The Morgan fingerprint density at radius 3 is 2.59 bits per heavy atom. The van der Waals surface area contributed by atoms with E-state index in [1.54, 1.807) is 6.92 Å². The first-order valence-corrected chi connectivity index (χ1v) is 6.54. The molecule has 96 valence electrons. The first kappa shape index (κ1) is 14.0. The van der Waals surface area contributed by atoms with Gasteiger partial charge in [-0.15, -0.1) is 0 Å². The molecule has 0 aromatic rings. The fraction of sp³-hybridized carbons (Fsp3) is 0.846. The SMILES string of the molecule is CCC(C)(C#N)C(=O)NCCN1CCCCC1. The van der Waals surface area contributed by atoms with E-state index in [0.29, 0.717) is 13.0 Å². The van der Waals surface area contributed by atoms with E-state index in [9.17, 15) is 4.79 Å². The van der Waals surface area contributed by atoms with Gasteiger partial charge >= 0.3 is 0 Å². The summed E-state index contributed by atoms with van der Waals surface area (Å²) in [7, 11) is 0. The normalized spacial score (nSPS) is 20.3. The van der Waals surface area contributed by atoms with Gasteiger partial charge in [-0.05, 0) is 39.3 Å². The second-order valence-electron chi connectivity index (χ2n) is 4.96. The van der Waals surface area contributed by atoms with Crippen molar-refractivity contribution in [2.45, 2.75) is 39.5 Å². The number of rotatable bonds is 5. The van der Waals surface area contributed by atoms with E-state index in [0.717, 1.165) is 19.6 Å². The molecule has 0 aromatic carbocycles. The van der Waals surface area contributed by atoms with E-state index in [1.807, 2.05) is 6.92 Å². The first-order valence-electron chi connectivity index (χ1n) is 6.54. The quantitative estimate of drug-likeness (QED) is 0.789. The van der Waals surface area contributed by atoms with Gasteiger partial charge in [0.15, 0.2) is 0 Å². The van der Waals surface area contributed by atoms with Crippen LogP contribution in [0.4, 0.5) is 0 Å². The van der Waals surface area contributed by atoms with Gasteiger partial charge in [0.05, 0.1) is 6.07 Å². The van der Waals surface area contributed by atoms with Crippen molar-refractivity contribution >= 4 is 5.91 Å². The van der Waals surface area contributed by atoms with Crippen LogP contribution in [-0.4, -0.2) is 37.0 Å². The molecular weight excluding hydrogens is 214 g/mol. The lowest BCUT2D eigenvalue weighted by Crippen LogP contribution is -2.42. The lowest BCUT2D eigenvalue weighted by atomic mass is 9.88. The zero-order valence-electron chi connectivity index (χ0n) is 11.0. The molecule has 1 aliphatic heterocycles. The van der Waals surface area contributed by atoms with Crippen LogP contribution in [0.15, 0.2) is 0 Å². The average Bonchev–Trinajstić information content (AvgIpc) is 2.39. The van der Waals surface area contributed by atoms with Crippen molar-refractivity contribution in [3.8, 4) is 6.07 Å². The van der Waals surface area contributed by atoms with Crippen LogP contribution >= 0.6 is 0 Å². The molecule has 1 saturated heterocycles. The van der Waals surface area contributed by atoms with Gasteiger partial charge in [-0.25, -0.2) is 0 Å². The summed E-state index contributed by atoms with van der Waals surface area (Å²) in [5, 5.41) is 11.9. The highest BCUT2D eigenvalue weighted by Gasteiger charge is 2.30. The number of carbonyl (C=O) groups excluding carboxylic acids is 1. The molecule has 1 aliphatic rings. The largest absolute Gasteiger partial charge is 0.353 e. The van der Waals surface area contributed by atoms with Crippen LogP contribution in [0.1, 0.15) is 39.5 Å². The zero-order chi connectivity index (χ0) is 12.7. The number of amides is 1. The summed E-state index contributed by atoms with van der Waals surface area (Å²) < 4.78 is 0. The Bertz CT molecular complexity index is 292. The lowest BCUT2D eigenvalue weighted by Gasteiger charge is -2.27. The van der Waals surface area contributed by atoms with Gasteiger partial charge in [0, 0.05) is 13.1 Å². The fourth-order valence-corrected chi connectivity index (χ4v) is 2.00. The molecule has 0 aromatic heterocycles. The predicted molar refractivity (Wildman–Crippen MR) is 67.3 cm³/mol. The minimum absolute atomic E-state index is 0.139. The van der Waals surface area contributed by atoms with Crippen molar-refractivity contribution < 1.29 is 4.79 Å². The van der Waals surface area contributed by atoms with Crippen molar-refractivity contribution in [2.75, 3.05) is 26.2 Å². The smallest absolute Gasteiger partial charge is 0.240 e. The molecule has 0 spiro atoms. The lowest BCUT2D eigenvalue weighted by molar-refractivity contribution is -0.127. The molecule has 1 fully saturated rings. The highest BCUT2D eigenvalue weighted by Crippen LogP contribution is 2.19. The van der Waals surface area contributed by atoms with E-state index >= 15 is 0 Å². The van der Waals surface area contributed by atoms with Crippen LogP contribution in [-0.2, 0) is 4.79 Å². The summed E-state index contributed by atoms with van der Waals surface area (Å²) in [4.78, 5) is 14.2. The third-order valence-electron chi connectivity index (χ3n) is 3.62. The second-order valence-corrected chi connectivity index (χ2v) is 4.96. The molecule has 1 amide bonds. The molecule has 1 unspecified atom stereocenters. The van der Waals surface area contributed by atoms with Crippen LogP contribution in [0.25, 0.3) is 0 Å². The summed E-state index contributed by atoms with van der Waals surface area (Å²) in [5.74, 6) is -0.139. The number of hydrogen-bond acceptors (Lipinski definition) is 3. The van der Waals surface area contributed by atoms with Crippen molar-refractivity contribution in [3.63, 3.8) is 0 Å². The van der Waals surface area contributed by atoms with Gasteiger partial charge in [0.2, 0.25) is 5.91 Å². The average molecular weight is 237 g/mol.